The van der Waals surface area contributed by atoms with E-state index < -0.39 is 0 Å². The smallest absolute Gasteiger partial charge is 0.158 e. The third kappa shape index (κ3) is 3.38. The van der Waals surface area contributed by atoms with E-state index in [1.54, 1.807) is 12.1 Å². The Morgan fingerprint density at radius 2 is 1.57 bits per heavy atom. The SMILES string of the molecule is Fc1ccccc1-c1ccc(C[NH2+]Cc2ccccc2)o1. The summed E-state index contributed by atoms with van der Waals surface area (Å²) >= 11 is 0. The van der Waals surface area contributed by atoms with Crippen LogP contribution < -0.4 is 5.32 Å². The first-order valence-electron chi connectivity index (χ1n) is 7.02. The molecule has 0 atom stereocenters. The van der Waals surface area contributed by atoms with Crippen LogP contribution in [-0.4, -0.2) is 0 Å². The highest BCUT2D eigenvalue weighted by Gasteiger charge is 2.09. The normalized spacial score (nSPS) is 10.7. The van der Waals surface area contributed by atoms with E-state index in [0.29, 0.717) is 11.3 Å². The number of furan rings is 1. The van der Waals surface area contributed by atoms with Crippen molar-refractivity contribution in [1.82, 2.24) is 0 Å². The fourth-order valence-corrected chi connectivity index (χ4v) is 2.29. The minimum atomic E-state index is -0.258. The minimum absolute atomic E-state index is 0.258. The molecule has 2 nitrogen and oxygen atoms in total. The van der Waals surface area contributed by atoms with Crippen molar-refractivity contribution in [2.45, 2.75) is 13.1 Å². The van der Waals surface area contributed by atoms with E-state index >= 15 is 0 Å². The summed E-state index contributed by atoms with van der Waals surface area (Å²) in [6.07, 6.45) is 0. The van der Waals surface area contributed by atoms with Gasteiger partial charge in [-0.15, -0.1) is 0 Å². The summed E-state index contributed by atoms with van der Waals surface area (Å²) in [5, 5.41) is 2.17. The summed E-state index contributed by atoms with van der Waals surface area (Å²) in [5.74, 6) is 1.17. The zero-order valence-corrected chi connectivity index (χ0v) is 11.6. The minimum Gasteiger partial charge on any atom is -0.455 e. The average molecular weight is 282 g/mol. The van der Waals surface area contributed by atoms with Crippen LogP contribution in [0.25, 0.3) is 11.3 Å². The topological polar surface area (TPSA) is 29.8 Å². The Hall–Kier alpha value is -2.39. The van der Waals surface area contributed by atoms with Crippen LogP contribution in [-0.2, 0) is 13.1 Å². The molecule has 0 amide bonds. The molecule has 0 radical (unpaired) electrons. The lowest BCUT2D eigenvalue weighted by molar-refractivity contribution is -0.687. The molecular weight excluding hydrogens is 265 g/mol. The predicted octanol–water partition coefficient (Wildman–Crippen LogP) is 3.35. The summed E-state index contributed by atoms with van der Waals surface area (Å²) in [6, 6.07) is 20.7. The van der Waals surface area contributed by atoms with Gasteiger partial charge in [-0.3, -0.25) is 0 Å². The fraction of sp³-hybridized carbons (Fsp3) is 0.111. The quantitative estimate of drug-likeness (QED) is 0.764. The van der Waals surface area contributed by atoms with Gasteiger partial charge in [-0.05, 0) is 24.3 Å². The van der Waals surface area contributed by atoms with Crippen molar-refractivity contribution in [2.75, 3.05) is 0 Å². The first-order valence-corrected chi connectivity index (χ1v) is 7.02. The van der Waals surface area contributed by atoms with Gasteiger partial charge in [0.05, 0.1) is 5.56 Å². The van der Waals surface area contributed by atoms with E-state index in [1.807, 2.05) is 36.4 Å². The van der Waals surface area contributed by atoms with Crippen molar-refractivity contribution in [3.05, 3.63) is 83.9 Å². The maximum atomic E-state index is 13.7. The van der Waals surface area contributed by atoms with Gasteiger partial charge in [0.25, 0.3) is 0 Å². The Kier molecular flexibility index (Phi) is 4.12. The third-order valence-corrected chi connectivity index (χ3v) is 3.37. The molecule has 3 heteroatoms. The highest BCUT2D eigenvalue weighted by atomic mass is 19.1. The Labute approximate surface area is 123 Å². The van der Waals surface area contributed by atoms with Gasteiger partial charge in [0.15, 0.2) is 5.76 Å². The molecule has 0 unspecified atom stereocenters. The van der Waals surface area contributed by atoms with Gasteiger partial charge in [0, 0.05) is 5.56 Å². The average Bonchev–Trinajstić information content (AvgIpc) is 2.97. The van der Waals surface area contributed by atoms with Gasteiger partial charge in [-0.1, -0.05) is 42.5 Å². The largest absolute Gasteiger partial charge is 0.455 e. The number of halogens is 1. The van der Waals surface area contributed by atoms with Crippen LogP contribution in [0.3, 0.4) is 0 Å². The Bertz CT molecular complexity index is 706. The second-order valence-electron chi connectivity index (χ2n) is 4.93. The molecule has 3 rings (SSSR count). The molecule has 2 aromatic carbocycles. The van der Waals surface area contributed by atoms with E-state index in [0.717, 1.165) is 18.8 Å². The van der Waals surface area contributed by atoms with E-state index in [1.165, 1.54) is 11.6 Å². The lowest BCUT2D eigenvalue weighted by atomic mass is 10.1. The predicted molar refractivity (Wildman–Crippen MR) is 79.9 cm³/mol. The summed E-state index contributed by atoms with van der Waals surface area (Å²) < 4.78 is 19.4. The van der Waals surface area contributed by atoms with Gasteiger partial charge in [-0.2, -0.15) is 0 Å². The molecule has 1 aromatic heterocycles. The molecule has 21 heavy (non-hydrogen) atoms. The van der Waals surface area contributed by atoms with Crippen molar-refractivity contribution < 1.29 is 14.1 Å². The first-order chi connectivity index (χ1) is 10.3. The molecule has 0 fully saturated rings. The van der Waals surface area contributed by atoms with Gasteiger partial charge in [-0.25, -0.2) is 4.39 Å². The number of hydrogen-bond acceptors (Lipinski definition) is 1. The van der Waals surface area contributed by atoms with Gasteiger partial charge in [0.2, 0.25) is 0 Å². The van der Waals surface area contributed by atoms with Crippen LogP contribution in [0.5, 0.6) is 0 Å². The summed E-state index contributed by atoms with van der Waals surface area (Å²) in [6.45, 7) is 1.64. The van der Waals surface area contributed by atoms with E-state index in [2.05, 4.69) is 17.4 Å². The summed E-state index contributed by atoms with van der Waals surface area (Å²) in [7, 11) is 0. The molecule has 0 aliphatic rings. The highest BCUT2D eigenvalue weighted by Crippen LogP contribution is 2.24. The van der Waals surface area contributed by atoms with Crippen LogP contribution in [0.15, 0.2) is 71.1 Å². The maximum absolute atomic E-state index is 13.7. The van der Waals surface area contributed by atoms with E-state index in [9.17, 15) is 4.39 Å². The van der Waals surface area contributed by atoms with Gasteiger partial charge >= 0.3 is 0 Å². The van der Waals surface area contributed by atoms with Crippen molar-refractivity contribution in [3.8, 4) is 11.3 Å². The number of hydrogen-bond donors (Lipinski definition) is 1. The number of rotatable bonds is 5. The van der Waals surface area contributed by atoms with Crippen LogP contribution in [0.4, 0.5) is 4.39 Å². The van der Waals surface area contributed by atoms with Crippen LogP contribution in [0, 0.1) is 5.82 Å². The molecule has 0 saturated heterocycles. The molecule has 1 heterocycles. The molecule has 0 spiro atoms. The van der Waals surface area contributed by atoms with E-state index in [4.69, 9.17) is 4.42 Å². The lowest BCUT2D eigenvalue weighted by Crippen LogP contribution is -2.80. The zero-order valence-electron chi connectivity index (χ0n) is 11.6. The maximum Gasteiger partial charge on any atom is 0.158 e. The number of quaternary nitrogens is 1. The molecule has 0 bridgehead atoms. The van der Waals surface area contributed by atoms with Crippen molar-refractivity contribution in [2.24, 2.45) is 0 Å². The lowest BCUT2D eigenvalue weighted by Gasteiger charge is -2.00. The van der Waals surface area contributed by atoms with Gasteiger partial charge < -0.3 is 9.73 Å². The van der Waals surface area contributed by atoms with Crippen molar-refractivity contribution in [3.63, 3.8) is 0 Å². The van der Waals surface area contributed by atoms with E-state index in [-0.39, 0.29) is 5.82 Å². The molecule has 0 aliphatic carbocycles. The third-order valence-electron chi connectivity index (χ3n) is 3.37. The highest BCUT2D eigenvalue weighted by molar-refractivity contribution is 5.58. The second kappa shape index (κ2) is 6.37. The van der Waals surface area contributed by atoms with Crippen LogP contribution >= 0.6 is 0 Å². The van der Waals surface area contributed by atoms with Crippen LogP contribution in [0.1, 0.15) is 11.3 Å². The molecule has 3 aromatic rings. The van der Waals surface area contributed by atoms with Crippen molar-refractivity contribution >= 4 is 0 Å². The van der Waals surface area contributed by atoms with Crippen molar-refractivity contribution in [1.29, 1.82) is 0 Å². The Morgan fingerprint density at radius 1 is 0.810 bits per heavy atom. The summed E-state index contributed by atoms with van der Waals surface area (Å²) in [4.78, 5) is 0. The second-order valence-corrected chi connectivity index (χ2v) is 4.93. The molecule has 2 N–H and O–H groups in total. The van der Waals surface area contributed by atoms with Crippen LogP contribution in [0.2, 0.25) is 0 Å². The first kappa shape index (κ1) is 13.6. The summed E-state index contributed by atoms with van der Waals surface area (Å²) in [5.41, 5.74) is 1.78. The van der Waals surface area contributed by atoms with Gasteiger partial charge in [0.1, 0.15) is 24.7 Å². The molecule has 106 valence electrons. The fourth-order valence-electron chi connectivity index (χ4n) is 2.29. The monoisotopic (exact) mass is 282 g/mol. The molecule has 0 aliphatic heterocycles. The Balaban J connectivity index is 1.62. The Morgan fingerprint density at radius 3 is 2.38 bits per heavy atom. The molecular formula is C18H17FNO+. The number of nitrogens with two attached hydrogens (primary N) is 1. The zero-order chi connectivity index (χ0) is 14.5. The standard InChI is InChI=1S/C18H16FNO/c19-17-9-5-4-8-16(17)18-11-10-15(21-18)13-20-12-14-6-2-1-3-7-14/h1-11,20H,12-13H2/p+1. The number of benzene rings is 2. The molecule has 0 saturated carbocycles.